The van der Waals surface area contributed by atoms with E-state index in [4.69, 9.17) is 0 Å². The van der Waals surface area contributed by atoms with Gasteiger partial charge in [0, 0.05) is 12.1 Å². The number of hydrogen-bond donors (Lipinski definition) is 1. The number of amides is 1. The van der Waals surface area contributed by atoms with E-state index in [-0.39, 0.29) is 11.3 Å². The molecular formula is C35H49NO3. The van der Waals surface area contributed by atoms with Gasteiger partial charge in [-0.15, -0.1) is 0 Å². The molecule has 0 spiro atoms. The molecule has 0 unspecified atom stereocenters. The maximum Gasteiger partial charge on any atom is 0.295 e. The van der Waals surface area contributed by atoms with Gasteiger partial charge < -0.3 is 10.0 Å². The van der Waals surface area contributed by atoms with Gasteiger partial charge in [0.1, 0.15) is 5.76 Å². The maximum atomic E-state index is 13.2. The van der Waals surface area contributed by atoms with Crippen LogP contribution in [0.1, 0.15) is 125 Å². The molecule has 0 aromatic heterocycles. The molecule has 1 aliphatic heterocycles. The molecule has 4 nitrogen and oxygen atoms in total. The molecule has 1 amide bonds. The molecule has 1 fully saturated rings. The van der Waals surface area contributed by atoms with E-state index in [1.54, 1.807) is 17.0 Å². The van der Waals surface area contributed by atoms with E-state index in [1.165, 1.54) is 70.6 Å². The van der Waals surface area contributed by atoms with Gasteiger partial charge in [0.05, 0.1) is 11.6 Å². The van der Waals surface area contributed by atoms with Crippen LogP contribution in [0.4, 0.5) is 0 Å². The summed E-state index contributed by atoms with van der Waals surface area (Å²) in [5, 5.41) is 11.2. The molecule has 0 bridgehead atoms. The van der Waals surface area contributed by atoms with Crippen LogP contribution in [-0.4, -0.2) is 28.2 Å². The first-order chi connectivity index (χ1) is 18.9. The summed E-state index contributed by atoms with van der Waals surface area (Å²) in [6.07, 6.45) is 17.8. The number of aliphatic hydroxyl groups is 1. The third kappa shape index (κ3) is 9.08. The second kappa shape index (κ2) is 16.3. The summed E-state index contributed by atoms with van der Waals surface area (Å²) in [6.45, 7) is 6.78. The van der Waals surface area contributed by atoms with Crippen molar-refractivity contribution >= 4 is 17.4 Å². The Morgan fingerprint density at radius 3 is 1.59 bits per heavy atom. The lowest BCUT2D eigenvalue weighted by atomic mass is 9.94. The SMILES string of the molecule is CCCCCCCCCCCCCCCCN1C(=O)C(=O)/C(=C(/O)c2ccc(C)cc2)[C@H]1c1ccc(C)cc1. The van der Waals surface area contributed by atoms with Gasteiger partial charge in [-0.1, -0.05) is 150 Å². The van der Waals surface area contributed by atoms with Crippen LogP contribution in [0.25, 0.3) is 5.76 Å². The molecule has 1 atom stereocenters. The Kier molecular flexibility index (Phi) is 12.8. The molecule has 1 aliphatic rings. The Morgan fingerprint density at radius 1 is 0.667 bits per heavy atom. The van der Waals surface area contributed by atoms with E-state index < -0.39 is 17.7 Å². The van der Waals surface area contributed by atoms with E-state index in [1.807, 2.05) is 50.2 Å². The Balaban J connectivity index is 1.52. The highest BCUT2D eigenvalue weighted by molar-refractivity contribution is 6.46. The van der Waals surface area contributed by atoms with Crippen LogP contribution in [0.2, 0.25) is 0 Å². The van der Waals surface area contributed by atoms with E-state index >= 15 is 0 Å². The number of carbonyl (C=O) groups is 2. The van der Waals surface area contributed by atoms with Crippen molar-refractivity contribution in [3.63, 3.8) is 0 Å². The molecule has 0 saturated carbocycles. The smallest absolute Gasteiger partial charge is 0.295 e. The molecule has 2 aromatic carbocycles. The summed E-state index contributed by atoms with van der Waals surface area (Å²) < 4.78 is 0. The summed E-state index contributed by atoms with van der Waals surface area (Å²) in [5.74, 6) is -1.20. The minimum Gasteiger partial charge on any atom is -0.507 e. The van der Waals surface area contributed by atoms with Crippen LogP contribution in [0.15, 0.2) is 54.1 Å². The average molecular weight is 532 g/mol. The number of nitrogens with zero attached hydrogens (tertiary/aromatic N) is 1. The number of rotatable bonds is 17. The van der Waals surface area contributed by atoms with Gasteiger partial charge in [-0.2, -0.15) is 0 Å². The number of Topliss-reactive ketones (excluding diaryl/α,β-unsaturated/α-hetero) is 1. The molecule has 212 valence electrons. The maximum absolute atomic E-state index is 13.2. The second-order valence-corrected chi connectivity index (χ2v) is 11.4. The normalized spacial score (nSPS) is 16.8. The molecule has 2 aromatic rings. The number of benzene rings is 2. The standard InChI is InChI=1S/C35H49NO3/c1-4-5-6-7-8-9-10-11-12-13-14-15-16-17-26-36-32(29-22-18-27(2)19-23-29)31(34(38)35(36)39)33(37)30-24-20-28(3)21-25-30/h18-25,32,37H,4-17,26H2,1-3H3/b33-31+/t32-/m1/s1. The topological polar surface area (TPSA) is 57.6 Å². The van der Waals surface area contributed by atoms with Gasteiger partial charge in [-0.25, -0.2) is 0 Å². The zero-order valence-electron chi connectivity index (χ0n) is 24.5. The Hall–Kier alpha value is -2.88. The summed E-state index contributed by atoms with van der Waals surface area (Å²) in [4.78, 5) is 28.0. The lowest BCUT2D eigenvalue weighted by Gasteiger charge is -2.25. The number of unbranched alkanes of at least 4 members (excludes halogenated alkanes) is 13. The second-order valence-electron chi connectivity index (χ2n) is 11.4. The van der Waals surface area contributed by atoms with E-state index in [2.05, 4.69) is 6.92 Å². The summed E-state index contributed by atoms with van der Waals surface area (Å²) >= 11 is 0. The van der Waals surface area contributed by atoms with Crippen molar-refractivity contribution in [2.75, 3.05) is 6.54 Å². The molecule has 39 heavy (non-hydrogen) atoms. The van der Waals surface area contributed by atoms with Crippen LogP contribution in [0, 0.1) is 13.8 Å². The molecule has 4 heteroatoms. The summed E-state index contributed by atoms with van der Waals surface area (Å²) in [6, 6.07) is 14.8. The van der Waals surface area contributed by atoms with Crippen LogP contribution in [0.3, 0.4) is 0 Å². The summed E-state index contributed by atoms with van der Waals surface area (Å²) in [5.41, 5.74) is 3.80. The van der Waals surface area contributed by atoms with Crippen molar-refractivity contribution < 1.29 is 14.7 Å². The molecule has 1 N–H and O–H groups in total. The van der Waals surface area contributed by atoms with Crippen LogP contribution in [-0.2, 0) is 9.59 Å². The highest BCUT2D eigenvalue weighted by Crippen LogP contribution is 2.39. The van der Waals surface area contributed by atoms with E-state index in [0.29, 0.717) is 12.1 Å². The molecular weight excluding hydrogens is 482 g/mol. The number of ketones is 1. The molecule has 3 rings (SSSR count). The molecule has 0 aliphatic carbocycles. The number of likely N-dealkylation sites (tertiary alicyclic amines) is 1. The minimum atomic E-state index is -0.594. The number of hydrogen-bond acceptors (Lipinski definition) is 3. The average Bonchev–Trinajstić information content (AvgIpc) is 3.18. The molecule has 1 saturated heterocycles. The first-order valence-electron chi connectivity index (χ1n) is 15.4. The van der Waals surface area contributed by atoms with Crippen molar-refractivity contribution in [3.05, 3.63) is 76.4 Å². The van der Waals surface area contributed by atoms with Crippen molar-refractivity contribution in [1.82, 2.24) is 4.90 Å². The Bertz CT molecular complexity index is 1070. The third-order valence-corrected chi connectivity index (χ3v) is 8.01. The van der Waals surface area contributed by atoms with Crippen molar-refractivity contribution in [3.8, 4) is 0 Å². The van der Waals surface area contributed by atoms with Gasteiger partial charge in [0.2, 0.25) is 0 Å². The fourth-order valence-electron chi connectivity index (χ4n) is 5.55. The fourth-order valence-corrected chi connectivity index (χ4v) is 5.55. The monoisotopic (exact) mass is 531 g/mol. The molecule has 0 radical (unpaired) electrons. The summed E-state index contributed by atoms with van der Waals surface area (Å²) in [7, 11) is 0. The van der Waals surface area contributed by atoms with Crippen LogP contribution in [0.5, 0.6) is 0 Å². The quantitative estimate of drug-likeness (QED) is 0.0958. The van der Waals surface area contributed by atoms with Crippen LogP contribution >= 0.6 is 0 Å². The van der Waals surface area contributed by atoms with Gasteiger partial charge in [0.25, 0.3) is 11.7 Å². The van der Waals surface area contributed by atoms with Crippen LogP contribution < -0.4 is 0 Å². The predicted octanol–water partition coefficient (Wildman–Crippen LogP) is 9.21. The zero-order valence-corrected chi connectivity index (χ0v) is 24.5. The van der Waals surface area contributed by atoms with Gasteiger partial charge in [-0.3, -0.25) is 9.59 Å². The highest BCUT2D eigenvalue weighted by Gasteiger charge is 2.45. The Morgan fingerprint density at radius 2 is 1.10 bits per heavy atom. The van der Waals surface area contributed by atoms with Crippen molar-refractivity contribution in [1.29, 1.82) is 0 Å². The van der Waals surface area contributed by atoms with Gasteiger partial charge in [0.15, 0.2) is 0 Å². The first kappa shape index (κ1) is 30.7. The number of aryl methyl sites for hydroxylation is 2. The predicted molar refractivity (Wildman–Crippen MR) is 162 cm³/mol. The third-order valence-electron chi connectivity index (χ3n) is 8.01. The number of aliphatic hydroxyl groups excluding tert-OH is 1. The fraction of sp³-hybridized carbons (Fsp3) is 0.543. The van der Waals surface area contributed by atoms with Gasteiger partial charge in [-0.05, 0) is 25.8 Å². The highest BCUT2D eigenvalue weighted by atomic mass is 16.3. The van der Waals surface area contributed by atoms with E-state index in [0.717, 1.165) is 36.0 Å². The lowest BCUT2D eigenvalue weighted by molar-refractivity contribution is -0.139. The zero-order chi connectivity index (χ0) is 28.0. The van der Waals surface area contributed by atoms with Gasteiger partial charge >= 0.3 is 0 Å². The van der Waals surface area contributed by atoms with Crippen molar-refractivity contribution in [2.24, 2.45) is 0 Å². The Labute approximate surface area is 236 Å². The van der Waals surface area contributed by atoms with Crippen molar-refractivity contribution in [2.45, 2.75) is 117 Å². The minimum absolute atomic E-state index is 0.0950. The largest absolute Gasteiger partial charge is 0.507 e. The molecule has 1 heterocycles. The lowest BCUT2D eigenvalue weighted by Crippen LogP contribution is -2.30. The van der Waals surface area contributed by atoms with E-state index in [9.17, 15) is 14.7 Å². The number of carbonyl (C=O) groups excluding carboxylic acids is 2. The first-order valence-corrected chi connectivity index (χ1v) is 15.4.